The van der Waals surface area contributed by atoms with E-state index in [9.17, 15) is 9.90 Å². The maximum absolute atomic E-state index is 12.0. The molecule has 5 aliphatic rings. The molecule has 5 nitrogen and oxygen atoms in total. The molecule has 0 saturated heterocycles. The standard InChI is InChI=1S/C21H29N3O2/c1-19-8-4-13-12-15-14(17(25)26)5-10-21(15,19)20(13)7-3-11-24(18(22)23-2)16(20)6-9-19/h3,11,13,16H,4-10,12H2,1-2H3,(H2,22,23)(H,25,26). The molecule has 0 aromatic heterocycles. The number of aliphatic imine (C=N–C) groups is 1. The molecule has 3 fully saturated rings. The number of rotatable bonds is 1. The lowest BCUT2D eigenvalue weighted by Crippen LogP contribution is -2.68. The zero-order valence-electron chi connectivity index (χ0n) is 15.8. The minimum Gasteiger partial charge on any atom is -0.478 e. The smallest absolute Gasteiger partial charge is 0.331 e. The Morgan fingerprint density at radius 3 is 2.85 bits per heavy atom. The highest BCUT2D eigenvalue weighted by Crippen LogP contribution is 2.82. The van der Waals surface area contributed by atoms with Gasteiger partial charge in [-0.15, -0.1) is 0 Å². The highest BCUT2D eigenvalue weighted by Gasteiger charge is 2.77. The molecule has 4 bridgehead atoms. The predicted octanol–water partition coefficient (Wildman–Crippen LogP) is 3.28. The molecule has 5 unspecified atom stereocenters. The first-order chi connectivity index (χ1) is 12.4. The normalized spacial score (nSPS) is 46.4. The van der Waals surface area contributed by atoms with Gasteiger partial charge in [0, 0.05) is 35.7 Å². The Morgan fingerprint density at radius 2 is 2.12 bits per heavy atom. The van der Waals surface area contributed by atoms with Crippen LogP contribution in [0.15, 0.2) is 28.4 Å². The van der Waals surface area contributed by atoms with E-state index in [1.807, 2.05) is 0 Å². The van der Waals surface area contributed by atoms with Crippen LogP contribution in [0.4, 0.5) is 0 Å². The monoisotopic (exact) mass is 355 g/mol. The molecule has 26 heavy (non-hydrogen) atoms. The van der Waals surface area contributed by atoms with Gasteiger partial charge in [-0.05, 0) is 62.7 Å². The van der Waals surface area contributed by atoms with E-state index < -0.39 is 5.97 Å². The number of hydrogen-bond acceptors (Lipinski definition) is 2. The second kappa shape index (κ2) is 4.93. The summed E-state index contributed by atoms with van der Waals surface area (Å²) in [5.41, 5.74) is 8.71. The van der Waals surface area contributed by atoms with Crippen LogP contribution in [0.1, 0.15) is 58.3 Å². The van der Waals surface area contributed by atoms with Crippen molar-refractivity contribution in [2.24, 2.45) is 32.9 Å². The van der Waals surface area contributed by atoms with E-state index in [0.29, 0.717) is 17.9 Å². The van der Waals surface area contributed by atoms with Gasteiger partial charge in [0.05, 0.1) is 0 Å². The van der Waals surface area contributed by atoms with Gasteiger partial charge in [0.1, 0.15) is 0 Å². The molecule has 0 aromatic rings. The fourth-order valence-corrected chi connectivity index (χ4v) is 8.28. The number of nitrogens with two attached hydrogens (primary N) is 1. The molecule has 140 valence electrons. The molecule has 4 aliphatic carbocycles. The van der Waals surface area contributed by atoms with Crippen LogP contribution in [0.2, 0.25) is 0 Å². The highest BCUT2D eigenvalue weighted by atomic mass is 16.4. The van der Waals surface area contributed by atoms with E-state index in [-0.39, 0.29) is 16.2 Å². The summed E-state index contributed by atoms with van der Waals surface area (Å²) in [5, 5.41) is 9.87. The summed E-state index contributed by atoms with van der Waals surface area (Å²) >= 11 is 0. The Labute approximate surface area is 155 Å². The van der Waals surface area contributed by atoms with Crippen LogP contribution < -0.4 is 5.73 Å². The molecule has 5 rings (SSSR count). The van der Waals surface area contributed by atoms with Crippen LogP contribution >= 0.6 is 0 Å². The SMILES string of the molecule is CN=C(N)N1C=CCC23C4CCC(C)(CCC12)C31CCC(C(=O)O)=C1C4. The Balaban J connectivity index is 1.77. The molecule has 1 heterocycles. The molecule has 5 heteroatoms. The van der Waals surface area contributed by atoms with Crippen molar-refractivity contribution in [1.82, 2.24) is 4.90 Å². The summed E-state index contributed by atoms with van der Waals surface area (Å²) in [6, 6.07) is 0.347. The molecule has 5 atom stereocenters. The molecule has 0 radical (unpaired) electrons. The van der Waals surface area contributed by atoms with Crippen LogP contribution in [-0.4, -0.2) is 35.0 Å². The number of carboxylic acid groups (broad SMARTS) is 1. The first kappa shape index (κ1) is 16.4. The lowest BCUT2D eigenvalue weighted by atomic mass is 9.37. The summed E-state index contributed by atoms with van der Waals surface area (Å²) < 4.78 is 0. The first-order valence-electron chi connectivity index (χ1n) is 10.0. The summed E-state index contributed by atoms with van der Waals surface area (Å²) in [7, 11) is 1.76. The van der Waals surface area contributed by atoms with Crippen molar-refractivity contribution in [3.05, 3.63) is 23.4 Å². The van der Waals surface area contributed by atoms with Crippen molar-refractivity contribution < 1.29 is 9.90 Å². The van der Waals surface area contributed by atoms with Crippen molar-refractivity contribution in [2.75, 3.05) is 7.05 Å². The van der Waals surface area contributed by atoms with Crippen LogP contribution in [-0.2, 0) is 4.79 Å². The minimum absolute atomic E-state index is 0.0383. The Bertz CT molecular complexity index is 784. The fraction of sp³-hybridized carbons (Fsp3) is 0.714. The summed E-state index contributed by atoms with van der Waals surface area (Å²) in [4.78, 5) is 18.5. The number of carbonyl (C=O) groups is 1. The lowest BCUT2D eigenvalue weighted by Gasteiger charge is -2.69. The van der Waals surface area contributed by atoms with E-state index in [4.69, 9.17) is 5.73 Å². The van der Waals surface area contributed by atoms with Crippen molar-refractivity contribution in [2.45, 2.75) is 64.3 Å². The van der Waals surface area contributed by atoms with E-state index in [1.54, 1.807) is 7.05 Å². The number of hydrogen-bond donors (Lipinski definition) is 2. The van der Waals surface area contributed by atoms with Crippen LogP contribution in [0.25, 0.3) is 0 Å². The van der Waals surface area contributed by atoms with E-state index in [0.717, 1.165) is 44.1 Å². The second-order valence-electron chi connectivity index (χ2n) is 9.34. The maximum atomic E-state index is 12.0. The van der Waals surface area contributed by atoms with Gasteiger partial charge in [0.2, 0.25) is 0 Å². The van der Waals surface area contributed by atoms with Gasteiger partial charge in [-0.25, -0.2) is 4.79 Å². The van der Waals surface area contributed by atoms with Gasteiger partial charge in [0.15, 0.2) is 5.96 Å². The third kappa shape index (κ3) is 1.52. The highest BCUT2D eigenvalue weighted by molar-refractivity contribution is 5.89. The molecule has 3 N–H and O–H groups in total. The van der Waals surface area contributed by atoms with Crippen LogP contribution in [0.3, 0.4) is 0 Å². The van der Waals surface area contributed by atoms with Gasteiger partial charge in [0.25, 0.3) is 0 Å². The van der Waals surface area contributed by atoms with Crippen molar-refractivity contribution in [3.63, 3.8) is 0 Å². The Hall–Kier alpha value is -1.78. The van der Waals surface area contributed by atoms with Gasteiger partial charge in [-0.3, -0.25) is 4.99 Å². The summed E-state index contributed by atoms with van der Waals surface area (Å²) in [6.07, 6.45) is 12.9. The van der Waals surface area contributed by atoms with Crippen molar-refractivity contribution in [1.29, 1.82) is 0 Å². The third-order valence-electron chi connectivity index (χ3n) is 9.05. The van der Waals surface area contributed by atoms with Gasteiger partial charge in [-0.2, -0.15) is 0 Å². The molecule has 0 aromatic carbocycles. The maximum Gasteiger partial charge on any atom is 0.331 e. The summed E-state index contributed by atoms with van der Waals surface area (Å²) in [5.74, 6) is 0.483. The second-order valence-corrected chi connectivity index (χ2v) is 9.34. The van der Waals surface area contributed by atoms with Gasteiger partial charge < -0.3 is 15.7 Å². The minimum atomic E-state index is -0.683. The zero-order valence-corrected chi connectivity index (χ0v) is 15.8. The molecule has 0 amide bonds. The Morgan fingerprint density at radius 1 is 1.35 bits per heavy atom. The van der Waals surface area contributed by atoms with E-state index in [1.165, 1.54) is 18.4 Å². The number of nitrogens with zero attached hydrogens (tertiary/aromatic N) is 2. The predicted molar refractivity (Wildman–Crippen MR) is 100 cm³/mol. The zero-order chi connectivity index (χ0) is 18.3. The fourth-order valence-electron chi connectivity index (χ4n) is 8.28. The van der Waals surface area contributed by atoms with E-state index >= 15 is 0 Å². The Kier molecular flexibility index (Phi) is 3.11. The van der Waals surface area contributed by atoms with Crippen LogP contribution in [0, 0.1) is 22.2 Å². The largest absolute Gasteiger partial charge is 0.478 e. The topological polar surface area (TPSA) is 78.9 Å². The number of guanidine groups is 1. The number of aliphatic carboxylic acids is 1. The van der Waals surface area contributed by atoms with Crippen LogP contribution in [0.5, 0.6) is 0 Å². The average Bonchev–Trinajstić information content (AvgIpc) is 3.08. The van der Waals surface area contributed by atoms with Gasteiger partial charge >= 0.3 is 5.97 Å². The van der Waals surface area contributed by atoms with E-state index in [2.05, 4.69) is 29.1 Å². The summed E-state index contributed by atoms with van der Waals surface area (Å²) in [6.45, 7) is 2.46. The molecule has 2 spiro atoms. The lowest BCUT2D eigenvalue weighted by molar-refractivity contribution is -0.170. The van der Waals surface area contributed by atoms with Gasteiger partial charge in [-0.1, -0.05) is 18.6 Å². The molecule has 3 saturated carbocycles. The molecular weight excluding hydrogens is 326 g/mol. The van der Waals surface area contributed by atoms with Crippen molar-refractivity contribution >= 4 is 11.9 Å². The quantitative estimate of drug-likeness (QED) is 0.559. The number of carboxylic acids is 1. The average molecular weight is 355 g/mol. The third-order valence-corrected chi connectivity index (χ3v) is 9.05. The number of allylic oxidation sites excluding steroid dienone is 2. The molecular formula is C21H29N3O2. The molecule has 1 aliphatic heterocycles. The van der Waals surface area contributed by atoms with Crippen molar-refractivity contribution in [3.8, 4) is 0 Å². The first-order valence-corrected chi connectivity index (χ1v) is 10.0.